The zero-order valence-electron chi connectivity index (χ0n) is 21.6. The van der Waals surface area contributed by atoms with Gasteiger partial charge < -0.3 is 24.7 Å². The van der Waals surface area contributed by atoms with Crippen molar-refractivity contribution in [3.05, 3.63) is 68.7 Å². The highest BCUT2D eigenvalue weighted by molar-refractivity contribution is 7.22. The molecule has 0 bridgehead atoms. The maximum Gasteiger partial charge on any atom is 0.332 e. The van der Waals surface area contributed by atoms with Crippen molar-refractivity contribution in [2.24, 2.45) is 0 Å². The zero-order valence-corrected chi connectivity index (χ0v) is 22.4. The summed E-state index contributed by atoms with van der Waals surface area (Å²) in [5.74, 6) is 0.730. The van der Waals surface area contributed by atoms with E-state index in [2.05, 4.69) is 10.3 Å². The number of aryl methyl sites for hydroxylation is 3. The summed E-state index contributed by atoms with van der Waals surface area (Å²) in [6.07, 6.45) is 4.26. The van der Waals surface area contributed by atoms with Crippen LogP contribution < -0.4 is 21.3 Å². The number of carbonyl (C=O) groups excluding carboxylic acids is 1. The lowest BCUT2D eigenvalue weighted by atomic mass is 10.1. The third-order valence-corrected chi connectivity index (χ3v) is 6.99. The Morgan fingerprint density at radius 1 is 1.18 bits per heavy atom. The summed E-state index contributed by atoms with van der Waals surface area (Å²) in [5, 5.41) is 18.4. The van der Waals surface area contributed by atoms with Gasteiger partial charge in [-0.05, 0) is 37.0 Å². The van der Waals surface area contributed by atoms with Gasteiger partial charge in [-0.1, -0.05) is 25.1 Å². The Morgan fingerprint density at radius 3 is 2.55 bits per heavy atom. The Bertz CT molecular complexity index is 1470. The number of amides is 1. The fourth-order valence-corrected chi connectivity index (χ4v) is 5.14. The van der Waals surface area contributed by atoms with E-state index in [0.29, 0.717) is 46.1 Å². The SMILES string of the molecule is CCCNC(=O)Cn1c(=O)c2c(C)c(-c3ncco3)sc2n(CCc2ccccc2OC)c1=O.OCCO. The Morgan fingerprint density at radius 2 is 1.92 bits per heavy atom. The quantitative estimate of drug-likeness (QED) is 0.274. The summed E-state index contributed by atoms with van der Waals surface area (Å²) in [6.45, 7) is 3.92. The lowest BCUT2D eigenvalue weighted by Gasteiger charge is -2.13. The molecule has 0 atom stereocenters. The molecule has 4 rings (SSSR count). The third-order valence-electron chi connectivity index (χ3n) is 5.69. The van der Waals surface area contributed by atoms with Crippen molar-refractivity contribution in [2.45, 2.75) is 39.8 Å². The van der Waals surface area contributed by atoms with Gasteiger partial charge in [0.2, 0.25) is 11.8 Å². The molecule has 3 aromatic heterocycles. The molecule has 0 aliphatic rings. The molecule has 0 saturated heterocycles. The summed E-state index contributed by atoms with van der Waals surface area (Å²) in [6, 6.07) is 7.59. The summed E-state index contributed by atoms with van der Waals surface area (Å²) < 4.78 is 13.5. The van der Waals surface area contributed by atoms with Crippen LogP contribution in [0.25, 0.3) is 21.0 Å². The molecule has 3 heterocycles. The number of para-hydroxylation sites is 1. The Labute approximate surface area is 222 Å². The van der Waals surface area contributed by atoms with E-state index in [1.54, 1.807) is 18.6 Å². The van der Waals surface area contributed by atoms with Crippen molar-refractivity contribution in [2.75, 3.05) is 26.9 Å². The first kappa shape index (κ1) is 28.8. The van der Waals surface area contributed by atoms with E-state index < -0.39 is 11.2 Å². The first-order chi connectivity index (χ1) is 18.4. The number of thiophene rings is 1. The molecule has 0 radical (unpaired) electrons. The van der Waals surface area contributed by atoms with Crippen LogP contribution in [0.3, 0.4) is 0 Å². The number of benzene rings is 1. The van der Waals surface area contributed by atoms with Crippen LogP contribution in [0.15, 0.2) is 50.7 Å². The number of ether oxygens (including phenoxy) is 1. The molecule has 0 aliphatic carbocycles. The van der Waals surface area contributed by atoms with Crippen LogP contribution in [0.1, 0.15) is 24.5 Å². The number of nitrogens with zero attached hydrogens (tertiary/aromatic N) is 3. The normalized spacial score (nSPS) is 10.8. The molecule has 3 N–H and O–H groups in total. The second kappa shape index (κ2) is 13.7. The van der Waals surface area contributed by atoms with E-state index in [4.69, 9.17) is 19.4 Å². The minimum Gasteiger partial charge on any atom is -0.496 e. The van der Waals surface area contributed by atoms with Crippen LogP contribution in [0.2, 0.25) is 0 Å². The average Bonchev–Trinajstić information content (AvgIpc) is 3.58. The van der Waals surface area contributed by atoms with Gasteiger partial charge in [-0.25, -0.2) is 9.78 Å². The van der Waals surface area contributed by atoms with Crippen molar-refractivity contribution >= 4 is 27.5 Å². The lowest BCUT2D eigenvalue weighted by molar-refractivity contribution is -0.121. The summed E-state index contributed by atoms with van der Waals surface area (Å²) in [7, 11) is 1.60. The van der Waals surface area contributed by atoms with Gasteiger partial charge in [-0.3, -0.25) is 18.7 Å². The van der Waals surface area contributed by atoms with Crippen LogP contribution in [0.4, 0.5) is 0 Å². The molecule has 0 spiro atoms. The second-order valence-corrected chi connectivity index (χ2v) is 9.26. The number of nitrogens with one attached hydrogen (secondary N) is 1. The number of hydrogen-bond acceptors (Lipinski definition) is 9. The van der Waals surface area contributed by atoms with E-state index in [9.17, 15) is 14.4 Å². The lowest BCUT2D eigenvalue weighted by Crippen LogP contribution is -2.44. The summed E-state index contributed by atoms with van der Waals surface area (Å²) >= 11 is 1.28. The molecule has 38 heavy (non-hydrogen) atoms. The molecule has 0 fully saturated rings. The van der Waals surface area contributed by atoms with E-state index in [1.807, 2.05) is 31.2 Å². The molecular weight excluding hydrogens is 512 g/mol. The minimum absolute atomic E-state index is 0.125. The fraction of sp³-hybridized carbons (Fsp3) is 0.385. The van der Waals surface area contributed by atoms with Gasteiger partial charge in [0, 0.05) is 13.1 Å². The van der Waals surface area contributed by atoms with E-state index in [0.717, 1.165) is 22.3 Å². The van der Waals surface area contributed by atoms with Crippen LogP contribution in [-0.2, 0) is 24.3 Å². The Kier molecular flexibility index (Phi) is 10.4. The zero-order chi connectivity index (χ0) is 27.7. The van der Waals surface area contributed by atoms with E-state index in [1.165, 1.54) is 23.8 Å². The molecular formula is C26H32N4O7S. The van der Waals surface area contributed by atoms with Crippen molar-refractivity contribution in [3.63, 3.8) is 0 Å². The maximum atomic E-state index is 13.5. The van der Waals surface area contributed by atoms with Crippen molar-refractivity contribution < 1.29 is 24.2 Å². The number of methoxy groups -OCH3 is 1. The second-order valence-electron chi connectivity index (χ2n) is 8.26. The van der Waals surface area contributed by atoms with Crippen LogP contribution >= 0.6 is 11.3 Å². The number of rotatable bonds is 10. The van der Waals surface area contributed by atoms with Crippen molar-refractivity contribution in [1.29, 1.82) is 0 Å². The standard InChI is InChI=1S/C24H26N4O5S.C2H6O2/c1-4-10-25-18(29)14-28-22(30)19-15(2)20(21-26-11-13-33-21)34-23(19)27(24(28)31)12-9-16-7-5-6-8-17(16)32-3;3-1-2-4/h5-8,11,13H,4,9-10,12,14H2,1-3H3,(H,25,29);3-4H,1-2H2. The number of hydrogen-bond donors (Lipinski definition) is 3. The molecule has 1 aromatic carbocycles. The van der Waals surface area contributed by atoms with Gasteiger partial charge in [-0.15, -0.1) is 11.3 Å². The smallest absolute Gasteiger partial charge is 0.332 e. The molecule has 11 nitrogen and oxygen atoms in total. The van der Waals surface area contributed by atoms with Crippen LogP contribution in [-0.4, -0.2) is 57.1 Å². The number of oxazole rings is 1. The number of aliphatic hydroxyl groups is 2. The highest BCUT2D eigenvalue weighted by Gasteiger charge is 2.23. The first-order valence-corrected chi connectivity index (χ1v) is 13.0. The van der Waals surface area contributed by atoms with Gasteiger partial charge in [-0.2, -0.15) is 0 Å². The van der Waals surface area contributed by atoms with Gasteiger partial charge in [0.25, 0.3) is 5.56 Å². The molecule has 12 heteroatoms. The third kappa shape index (κ3) is 6.39. The predicted octanol–water partition coefficient (Wildman–Crippen LogP) is 1.94. The fourth-order valence-electron chi connectivity index (χ4n) is 3.88. The largest absolute Gasteiger partial charge is 0.496 e. The average molecular weight is 545 g/mol. The number of carbonyl (C=O) groups is 1. The number of aromatic nitrogens is 3. The molecule has 204 valence electrons. The first-order valence-electron chi connectivity index (χ1n) is 12.1. The molecule has 0 saturated carbocycles. The van der Waals surface area contributed by atoms with Crippen LogP contribution in [0, 0.1) is 6.92 Å². The van der Waals surface area contributed by atoms with E-state index in [-0.39, 0.29) is 25.7 Å². The minimum atomic E-state index is -0.528. The predicted molar refractivity (Wildman–Crippen MR) is 145 cm³/mol. The Hall–Kier alpha value is -3.74. The highest BCUT2D eigenvalue weighted by atomic mass is 32.1. The molecule has 0 unspecified atom stereocenters. The van der Waals surface area contributed by atoms with Crippen molar-refractivity contribution in [1.82, 2.24) is 19.4 Å². The highest BCUT2D eigenvalue weighted by Crippen LogP contribution is 2.35. The Balaban J connectivity index is 0.000000934. The topological polar surface area (TPSA) is 149 Å². The number of aliphatic hydroxyl groups excluding tert-OH is 2. The van der Waals surface area contributed by atoms with Gasteiger partial charge in [0.1, 0.15) is 23.4 Å². The van der Waals surface area contributed by atoms with Gasteiger partial charge >= 0.3 is 5.69 Å². The monoisotopic (exact) mass is 544 g/mol. The summed E-state index contributed by atoms with van der Waals surface area (Å²) in [5.41, 5.74) is 0.580. The van der Waals surface area contributed by atoms with Gasteiger partial charge in [0.05, 0.1) is 36.8 Å². The van der Waals surface area contributed by atoms with Crippen molar-refractivity contribution in [3.8, 4) is 16.5 Å². The molecule has 0 aliphatic heterocycles. The maximum absolute atomic E-state index is 13.5. The molecule has 1 amide bonds. The van der Waals surface area contributed by atoms with Gasteiger partial charge in [0.15, 0.2) is 0 Å². The van der Waals surface area contributed by atoms with E-state index >= 15 is 0 Å². The van der Waals surface area contributed by atoms with Crippen LogP contribution in [0.5, 0.6) is 5.75 Å². The molecule has 4 aromatic rings. The number of fused-ring (bicyclic) bond motifs is 1. The summed E-state index contributed by atoms with van der Waals surface area (Å²) in [4.78, 5) is 44.7.